The largest absolute Gasteiger partial charge is 0.346 e. The van der Waals surface area contributed by atoms with Crippen LogP contribution in [0.3, 0.4) is 0 Å². The van der Waals surface area contributed by atoms with Gasteiger partial charge in [0.2, 0.25) is 0 Å². The molecule has 0 atom stereocenters. The van der Waals surface area contributed by atoms with E-state index in [0.717, 1.165) is 0 Å². The summed E-state index contributed by atoms with van der Waals surface area (Å²) in [5.41, 5.74) is 0.954. The van der Waals surface area contributed by atoms with Crippen molar-refractivity contribution in [1.29, 1.82) is 0 Å². The molecule has 78 valence electrons. The third-order valence-electron chi connectivity index (χ3n) is 1.73. The zero-order chi connectivity index (χ0) is 11.3. The minimum Gasteiger partial charge on any atom is -0.346 e. The van der Waals surface area contributed by atoms with Crippen LogP contribution in [0.4, 0.5) is 8.78 Å². The molecule has 1 aromatic carbocycles. The van der Waals surface area contributed by atoms with Crippen LogP contribution in [0.1, 0.15) is 15.9 Å². The number of nitrogens with one attached hydrogen (secondary N) is 1. The molecule has 0 aromatic heterocycles. The second kappa shape index (κ2) is 5.11. The number of amides is 1. The van der Waals surface area contributed by atoms with Crippen LogP contribution in [-0.4, -0.2) is 18.9 Å². The highest BCUT2D eigenvalue weighted by Gasteiger charge is 2.07. The number of alkyl halides is 2. The molecule has 0 aliphatic carbocycles. The van der Waals surface area contributed by atoms with Crippen LogP contribution in [0.5, 0.6) is 0 Å². The Bertz CT molecular complexity index is 379. The fourth-order valence-corrected chi connectivity index (χ4v) is 0.990. The molecule has 4 heteroatoms. The van der Waals surface area contributed by atoms with Gasteiger partial charge < -0.3 is 5.32 Å². The van der Waals surface area contributed by atoms with E-state index in [-0.39, 0.29) is 0 Å². The molecule has 0 fully saturated rings. The molecule has 1 aromatic rings. The quantitative estimate of drug-likeness (QED) is 0.754. The number of hydrogen-bond donors (Lipinski definition) is 1. The Kier molecular flexibility index (Phi) is 3.81. The van der Waals surface area contributed by atoms with Crippen molar-refractivity contribution < 1.29 is 13.6 Å². The van der Waals surface area contributed by atoms with E-state index < -0.39 is 18.9 Å². The second-order valence-corrected chi connectivity index (χ2v) is 2.82. The molecule has 0 saturated heterocycles. The number of rotatable bonds is 3. The average molecular weight is 209 g/mol. The predicted octanol–water partition coefficient (Wildman–Crippen LogP) is 1.66. The van der Waals surface area contributed by atoms with Gasteiger partial charge in [0.1, 0.15) is 0 Å². The Morgan fingerprint density at radius 1 is 1.40 bits per heavy atom. The van der Waals surface area contributed by atoms with Crippen LogP contribution < -0.4 is 5.32 Å². The Morgan fingerprint density at radius 2 is 2.00 bits per heavy atom. The highest BCUT2D eigenvalue weighted by atomic mass is 19.3. The van der Waals surface area contributed by atoms with Crippen molar-refractivity contribution >= 4 is 5.91 Å². The predicted molar refractivity (Wildman–Crippen MR) is 52.7 cm³/mol. The van der Waals surface area contributed by atoms with E-state index in [1.165, 1.54) is 12.1 Å². The summed E-state index contributed by atoms with van der Waals surface area (Å²) >= 11 is 0. The molecule has 15 heavy (non-hydrogen) atoms. The lowest BCUT2D eigenvalue weighted by molar-refractivity contribution is 0.0891. The van der Waals surface area contributed by atoms with Gasteiger partial charge in [0.15, 0.2) is 0 Å². The number of halogens is 2. The lowest BCUT2D eigenvalue weighted by atomic mass is 10.1. The number of carbonyl (C=O) groups excluding carboxylic acids is 1. The lowest BCUT2D eigenvalue weighted by Crippen LogP contribution is -2.28. The number of hydrogen-bond acceptors (Lipinski definition) is 1. The summed E-state index contributed by atoms with van der Waals surface area (Å²) in [7, 11) is 0. The molecule has 0 aliphatic rings. The van der Waals surface area contributed by atoms with Gasteiger partial charge in [-0.05, 0) is 24.3 Å². The van der Waals surface area contributed by atoms with Crippen LogP contribution >= 0.6 is 0 Å². The molecule has 1 amide bonds. The fraction of sp³-hybridized carbons (Fsp3) is 0.182. The van der Waals surface area contributed by atoms with Crippen molar-refractivity contribution in [1.82, 2.24) is 5.32 Å². The Morgan fingerprint density at radius 3 is 2.47 bits per heavy atom. The van der Waals surface area contributed by atoms with Gasteiger partial charge in [-0.25, -0.2) is 8.78 Å². The van der Waals surface area contributed by atoms with Crippen LogP contribution in [0.2, 0.25) is 0 Å². The zero-order valence-electron chi connectivity index (χ0n) is 7.84. The standard InChI is InChI=1S/C11H9F2NO/c1-2-8-3-5-9(6-4-8)11(15)14-7-10(12)13/h1,3-6,10H,7H2,(H,14,15). The fourth-order valence-electron chi connectivity index (χ4n) is 0.990. The van der Waals surface area contributed by atoms with E-state index in [1.807, 2.05) is 0 Å². The van der Waals surface area contributed by atoms with Crippen molar-refractivity contribution in [2.75, 3.05) is 6.54 Å². The molecule has 0 bridgehead atoms. The number of carbonyl (C=O) groups is 1. The molecule has 1 N–H and O–H groups in total. The summed E-state index contributed by atoms with van der Waals surface area (Å²) in [4.78, 5) is 11.3. The molecule has 0 spiro atoms. The SMILES string of the molecule is C#Cc1ccc(C(=O)NCC(F)F)cc1. The number of benzene rings is 1. The average Bonchev–Trinajstić information content (AvgIpc) is 2.26. The molecule has 2 nitrogen and oxygen atoms in total. The molecule has 0 heterocycles. The smallest absolute Gasteiger partial charge is 0.255 e. The van der Waals surface area contributed by atoms with Crippen molar-refractivity contribution in [3.63, 3.8) is 0 Å². The third-order valence-corrected chi connectivity index (χ3v) is 1.73. The second-order valence-electron chi connectivity index (χ2n) is 2.82. The molecule has 0 aliphatic heterocycles. The molecular formula is C11H9F2NO. The minimum atomic E-state index is -2.54. The van der Waals surface area contributed by atoms with Gasteiger partial charge in [-0.15, -0.1) is 6.42 Å². The van der Waals surface area contributed by atoms with Crippen molar-refractivity contribution in [2.24, 2.45) is 0 Å². The van der Waals surface area contributed by atoms with E-state index in [0.29, 0.717) is 11.1 Å². The van der Waals surface area contributed by atoms with Crippen molar-refractivity contribution in [2.45, 2.75) is 6.43 Å². The van der Waals surface area contributed by atoms with Gasteiger partial charge in [-0.2, -0.15) is 0 Å². The maximum absolute atomic E-state index is 11.8. The van der Waals surface area contributed by atoms with Gasteiger partial charge in [0, 0.05) is 11.1 Å². The first-order chi connectivity index (χ1) is 7.13. The van der Waals surface area contributed by atoms with Gasteiger partial charge in [0.05, 0.1) is 6.54 Å². The molecule has 0 unspecified atom stereocenters. The lowest BCUT2D eigenvalue weighted by Gasteiger charge is -2.03. The summed E-state index contributed by atoms with van der Waals surface area (Å²) in [6.45, 7) is -0.643. The summed E-state index contributed by atoms with van der Waals surface area (Å²) < 4.78 is 23.6. The Balaban J connectivity index is 2.63. The highest BCUT2D eigenvalue weighted by Crippen LogP contribution is 2.03. The molecule has 0 radical (unpaired) electrons. The first-order valence-electron chi connectivity index (χ1n) is 4.26. The van der Waals surface area contributed by atoms with Gasteiger partial charge in [-0.1, -0.05) is 5.92 Å². The normalized spacial score (nSPS) is 9.73. The van der Waals surface area contributed by atoms with E-state index in [4.69, 9.17) is 6.42 Å². The minimum absolute atomic E-state index is 0.314. The van der Waals surface area contributed by atoms with E-state index >= 15 is 0 Å². The summed E-state index contributed by atoms with van der Waals surface area (Å²) in [6.07, 6.45) is 2.58. The van der Waals surface area contributed by atoms with Crippen molar-refractivity contribution in [3.8, 4) is 12.3 Å². The van der Waals surface area contributed by atoms with E-state index in [1.54, 1.807) is 12.1 Å². The van der Waals surface area contributed by atoms with Crippen LogP contribution in [0.25, 0.3) is 0 Å². The molecule has 1 rings (SSSR count). The maximum atomic E-state index is 11.8. The highest BCUT2D eigenvalue weighted by molar-refractivity contribution is 5.94. The summed E-state index contributed by atoms with van der Waals surface area (Å²) in [5.74, 6) is 1.86. The summed E-state index contributed by atoms with van der Waals surface area (Å²) in [5, 5.41) is 2.10. The topological polar surface area (TPSA) is 29.1 Å². The van der Waals surface area contributed by atoms with Gasteiger partial charge in [0.25, 0.3) is 12.3 Å². The monoisotopic (exact) mass is 209 g/mol. The van der Waals surface area contributed by atoms with E-state index in [9.17, 15) is 13.6 Å². The number of terminal acetylenes is 1. The van der Waals surface area contributed by atoms with Crippen LogP contribution in [0, 0.1) is 12.3 Å². The first kappa shape index (κ1) is 11.2. The Hall–Kier alpha value is -1.89. The maximum Gasteiger partial charge on any atom is 0.255 e. The first-order valence-corrected chi connectivity index (χ1v) is 4.26. The Labute approximate surface area is 86.3 Å². The van der Waals surface area contributed by atoms with Crippen molar-refractivity contribution in [3.05, 3.63) is 35.4 Å². The van der Waals surface area contributed by atoms with Crippen LogP contribution in [0.15, 0.2) is 24.3 Å². The molecular weight excluding hydrogens is 200 g/mol. The third kappa shape index (κ3) is 3.39. The van der Waals surface area contributed by atoms with Gasteiger partial charge >= 0.3 is 0 Å². The van der Waals surface area contributed by atoms with Crippen LogP contribution in [-0.2, 0) is 0 Å². The molecule has 0 saturated carbocycles. The van der Waals surface area contributed by atoms with E-state index in [2.05, 4.69) is 11.2 Å². The summed E-state index contributed by atoms with van der Waals surface area (Å²) in [6, 6.07) is 6.15. The van der Waals surface area contributed by atoms with Gasteiger partial charge in [-0.3, -0.25) is 4.79 Å². The zero-order valence-corrected chi connectivity index (χ0v) is 7.84.